The SMILES string of the molecule is C1=C(OC2=CCC2)CC1.CC=CO. The number of hydrogen-bond donors (Lipinski definition) is 1. The Labute approximate surface area is 79.2 Å². The standard InChI is InChI=1S/C8H10O.C3H6O/c1-3-7(4-1)9-8-5-2-6-8;1-2-3-4/h3,5H,1-2,4,6H2;2-4H,1H3. The summed E-state index contributed by atoms with van der Waals surface area (Å²) in [6.07, 6.45) is 11.6. The van der Waals surface area contributed by atoms with Crippen LogP contribution in [0.25, 0.3) is 0 Å². The zero-order chi connectivity index (χ0) is 9.52. The van der Waals surface area contributed by atoms with E-state index in [-0.39, 0.29) is 0 Å². The molecule has 72 valence electrons. The molecule has 2 nitrogen and oxygen atoms in total. The van der Waals surface area contributed by atoms with Crippen molar-refractivity contribution < 1.29 is 9.84 Å². The molecule has 0 saturated carbocycles. The van der Waals surface area contributed by atoms with Gasteiger partial charge in [0.1, 0.15) is 0 Å². The zero-order valence-electron chi connectivity index (χ0n) is 7.99. The molecule has 0 saturated heterocycles. The van der Waals surface area contributed by atoms with E-state index in [0.717, 1.165) is 19.1 Å². The van der Waals surface area contributed by atoms with Crippen LogP contribution in [0.4, 0.5) is 0 Å². The van der Waals surface area contributed by atoms with Crippen molar-refractivity contribution in [2.45, 2.75) is 32.6 Å². The van der Waals surface area contributed by atoms with Gasteiger partial charge >= 0.3 is 0 Å². The fourth-order valence-electron chi connectivity index (χ4n) is 0.878. The largest absolute Gasteiger partial charge is 0.516 e. The summed E-state index contributed by atoms with van der Waals surface area (Å²) in [6, 6.07) is 0. The van der Waals surface area contributed by atoms with E-state index in [4.69, 9.17) is 9.84 Å². The van der Waals surface area contributed by atoms with Crippen LogP contribution in [0.15, 0.2) is 36.0 Å². The van der Waals surface area contributed by atoms with E-state index in [0.29, 0.717) is 0 Å². The maximum Gasteiger partial charge on any atom is 0.0999 e. The minimum atomic E-state index is 1.00. The molecule has 0 aromatic rings. The molecule has 0 bridgehead atoms. The van der Waals surface area contributed by atoms with Gasteiger partial charge in [0.2, 0.25) is 0 Å². The fraction of sp³-hybridized carbons (Fsp3) is 0.455. The molecule has 13 heavy (non-hydrogen) atoms. The van der Waals surface area contributed by atoms with Crippen molar-refractivity contribution in [3.8, 4) is 0 Å². The van der Waals surface area contributed by atoms with Crippen LogP contribution in [0.5, 0.6) is 0 Å². The highest BCUT2D eigenvalue weighted by atomic mass is 16.5. The van der Waals surface area contributed by atoms with Crippen LogP contribution >= 0.6 is 0 Å². The highest BCUT2D eigenvalue weighted by molar-refractivity contribution is 5.13. The molecular formula is C11H16O2. The Hall–Kier alpha value is -1.18. The van der Waals surface area contributed by atoms with E-state index in [1.54, 1.807) is 13.0 Å². The first-order chi connectivity index (χ1) is 6.36. The van der Waals surface area contributed by atoms with Gasteiger partial charge in [0.15, 0.2) is 0 Å². The summed E-state index contributed by atoms with van der Waals surface area (Å²) >= 11 is 0. The molecule has 0 aromatic carbocycles. The Balaban J connectivity index is 0.000000184. The number of rotatable bonds is 2. The Kier molecular flexibility index (Phi) is 4.16. The first-order valence-electron chi connectivity index (χ1n) is 4.68. The maximum atomic E-state index is 7.69. The second-order valence-electron chi connectivity index (χ2n) is 3.00. The Morgan fingerprint density at radius 1 is 1.23 bits per heavy atom. The Morgan fingerprint density at radius 3 is 1.77 bits per heavy atom. The summed E-state index contributed by atoms with van der Waals surface area (Å²) in [5.41, 5.74) is 0. The van der Waals surface area contributed by atoms with Crippen LogP contribution in [-0.4, -0.2) is 5.11 Å². The van der Waals surface area contributed by atoms with Crippen LogP contribution in [0.1, 0.15) is 32.6 Å². The van der Waals surface area contributed by atoms with Gasteiger partial charge in [-0.3, -0.25) is 0 Å². The van der Waals surface area contributed by atoms with Crippen LogP contribution < -0.4 is 0 Å². The van der Waals surface area contributed by atoms with Gasteiger partial charge in [0, 0.05) is 12.8 Å². The molecular weight excluding hydrogens is 164 g/mol. The van der Waals surface area contributed by atoms with Crippen molar-refractivity contribution in [3.05, 3.63) is 36.0 Å². The quantitative estimate of drug-likeness (QED) is 0.659. The molecule has 0 fully saturated rings. The number of hydrogen-bond acceptors (Lipinski definition) is 2. The third-order valence-electron chi connectivity index (χ3n) is 1.94. The van der Waals surface area contributed by atoms with Crippen molar-refractivity contribution in [2.75, 3.05) is 0 Å². The van der Waals surface area contributed by atoms with Crippen molar-refractivity contribution in [1.82, 2.24) is 0 Å². The van der Waals surface area contributed by atoms with Crippen LogP contribution in [-0.2, 0) is 4.74 Å². The second-order valence-corrected chi connectivity index (χ2v) is 3.00. The van der Waals surface area contributed by atoms with Gasteiger partial charge in [-0.15, -0.1) is 0 Å². The van der Waals surface area contributed by atoms with E-state index in [9.17, 15) is 0 Å². The topological polar surface area (TPSA) is 29.5 Å². The third kappa shape index (κ3) is 3.36. The first kappa shape index (κ1) is 9.90. The van der Waals surface area contributed by atoms with E-state index in [2.05, 4.69) is 12.2 Å². The van der Waals surface area contributed by atoms with Gasteiger partial charge in [-0.25, -0.2) is 0 Å². The zero-order valence-corrected chi connectivity index (χ0v) is 7.99. The second kappa shape index (κ2) is 5.46. The summed E-state index contributed by atoms with van der Waals surface area (Å²) in [5, 5.41) is 7.69. The van der Waals surface area contributed by atoms with Crippen molar-refractivity contribution in [1.29, 1.82) is 0 Å². The van der Waals surface area contributed by atoms with Gasteiger partial charge in [-0.1, -0.05) is 6.08 Å². The molecule has 0 aromatic heterocycles. The summed E-state index contributed by atoms with van der Waals surface area (Å²) in [7, 11) is 0. The van der Waals surface area contributed by atoms with Crippen molar-refractivity contribution in [3.63, 3.8) is 0 Å². The summed E-state index contributed by atoms with van der Waals surface area (Å²) in [5.74, 6) is 2.36. The van der Waals surface area contributed by atoms with Crippen LogP contribution in [0.2, 0.25) is 0 Å². The minimum absolute atomic E-state index is 1.00. The number of ether oxygens (including phenoxy) is 1. The van der Waals surface area contributed by atoms with Crippen molar-refractivity contribution in [2.24, 2.45) is 0 Å². The van der Waals surface area contributed by atoms with E-state index in [1.165, 1.54) is 24.4 Å². The molecule has 0 unspecified atom stereocenters. The van der Waals surface area contributed by atoms with Gasteiger partial charge in [0.05, 0.1) is 17.8 Å². The molecule has 2 heteroatoms. The minimum Gasteiger partial charge on any atom is -0.516 e. The maximum absolute atomic E-state index is 7.69. The normalized spacial score (nSPS) is 18.8. The predicted molar refractivity (Wildman–Crippen MR) is 53.2 cm³/mol. The van der Waals surface area contributed by atoms with Gasteiger partial charge in [-0.2, -0.15) is 0 Å². The van der Waals surface area contributed by atoms with Crippen molar-refractivity contribution >= 4 is 0 Å². The van der Waals surface area contributed by atoms with Gasteiger partial charge in [0.25, 0.3) is 0 Å². The molecule has 0 heterocycles. The molecule has 0 spiro atoms. The van der Waals surface area contributed by atoms with E-state index >= 15 is 0 Å². The Bertz CT molecular complexity index is 212. The van der Waals surface area contributed by atoms with Crippen LogP contribution in [0.3, 0.4) is 0 Å². The fourth-order valence-corrected chi connectivity index (χ4v) is 0.878. The average Bonchev–Trinajstić information content (AvgIpc) is 1.99. The van der Waals surface area contributed by atoms with E-state index < -0.39 is 0 Å². The third-order valence-corrected chi connectivity index (χ3v) is 1.94. The van der Waals surface area contributed by atoms with Gasteiger partial charge < -0.3 is 9.84 Å². The lowest BCUT2D eigenvalue weighted by atomic mass is 10.1. The number of aliphatic hydroxyl groups excluding tert-OH is 1. The average molecular weight is 180 g/mol. The molecule has 0 atom stereocenters. The first-order valence-corrected chi connectivity index (χ1v) is 4.68. The lowest BCUT2D eigenvalue weighted by Crippen LogP contribution is -2.03. The summed E-state index contributed by atoms with van der Waals surface area (Å²) in [6.45, 7) is 1.75. The molecule has 0 amide bonds. The molecule has 0 radical (unpaired) electrons. The molecule has 2 aliphatic rings. The summed E-state index contributed by atoms with van der Waals surface area (Å²) in [4.78, 5) is 0. The molecule has 0 aliphatic heterocycles. The number of allylic oxidation sites excluding steroid dienone is 5. The van der Waals surface area contributed by atoms with Gasteiger partial charge in [-0.05, 0) is 31.9 Å². The molecule has 1 N–H and O–H groups in total. The molecule has 2 rings (SSSR count). The monoisotopic (exact) mass is 180 g/mol. The highest BCUT2D eigenvalue weighted by Crippen LogP contribution is 2.27. The lowest BCUT2D eigenvalue weighted by Gasteiger charge is -2.21. The smallest absolute Gasteiger partial charge is 0.0999 e. The van der Waals surface area contributed by atoms with E-state index in [1.807, 2.05) is 0 Å². The Morgan fingerprint density at radius 2 is 1.62 bits per heavy atom. The number of aliphatic hydroxyl groups is 1. The highest BCUT2D eigenvalue weighted by Gasteiger charge is 2.12. The molecule has 2 aliphatic carbocycles. The van der Waals surface area contributed by atoms with Crippen LogP contribution in [0, 0.1) is 0 Å². The summed E-state index contributed by atoms with van der Waals surface area (Å²) < 4.78 is 5.44. The lowest BCUT2D eigenvalue weighted by molar-refractivity contribution is 0.247. The predicted octanol–water partition coefficient (Wildman–Crippen LogP) is 3.44.